The van der Waals surface area contributed by atoms with Crippen LogP contribution in [0.2, 0.25) is 0 Å². The Morgan fingerprint density at radius 3 is 2.84 bits per heavy atom. The number of benzene rings is 1. The van der Waals surface area contributed by atoms with Crippen LogP contribution in [0.5, 0.6) is 0 Å². The number of hydrogen-bond donors (Lipinski definition) is 2. The molecule has 1 aromatic carbocycles. The van der Waals surface area contributed by atoms with Crippen LogP contribution in [0.4, 0.5) is 11.5 Å². The fraction of sp³-hybridized carbons (Fsp3) is 0. The molecule has 0 bridgehead atoms. The van der Waals surface area contributed by atoms with E-state index in [1.54, 1.807) is 18.2 Å². The lowest BCUT2D eigenvalue weighted by Crippen LogP contribution is -1.90. The van der Waals surface area contributed by atoms with Gasteiger partial charge < -0.3 is 10.7 Å². The highest BCUT2D eigenvalue weighted by atomic mass is 16.6. The summed E-state index contributed by atoms with van der Waals surface area (Å²) in [6.45, 7) is 0. The standard InChI is InChI=1S/C12H9N5O2/c13-11-9-5-10(16-12(9)15-6-14-11)7-2-1-3-8(4-7)17(18)19/h1-6H,(H3,13,14,15,16). The van der Waals surface area contributed by atoms with Gasteiger partial charge in [0.15, 0.2) is 0 Å². The quantitative estimate of drug-likeness (QED) is 0.538. The Bertz CT molecular complexity index is 781. The SMILES string of the molecule is Nc1ncnc2[nH]c(-c3cccc([N+](=O)[O-])c3)cc12. The molecule has 2 aromatic heterocycles. The maximum atomic E-state index is 10.8. The van der Waals surface area contributed by atoms with Crippen LogP contribution in [0.1, 0.15) is 0 Å². The Kier molecular flexibility index (Phi) is 2.38. The van der Waals surface area contributed by atoms with E-state index in [0.29, 0.717) is 28.1 Å². The molecule has 19 heavy (non-hydrogen) atoms. The number of fused-ring (bicyclic) bond motifs is 1. The smallest absolute Gasteiger partial charge is 0.270 e. The number of nitro groups is 1. The number of hydrogen-bond acceptors (Lipinski definition) is 5. The van der Waals surface area contributed by atoms with Crippen molar-refractivity contribution >= 4 is 22.5 Å². The van der Waals surface area contributed by atoms with Crippen molar-refractivity contribution in [3.63, 3.8) is 0 Å². The van der Waals surface area contributed by atoms with Gasteiger partial charge in [0, 0.05) is 23.4 Å². The predicted molar refractivity (Wildman–Crippen MR) is 70.4 cm³/mol. The summed E-state index contributed by atoms with van der Waals surface area (Å²) in [5.74, 6) is 0.373. The highest BCUT2D eigenvalue weighted by molar-refractivity contribution is 5.90. The van der Waals surface area contributed by atoms with Gasteiger partial charge in [-0.25, -0.2) is 9.97 Å². The van der Waals surface area contributed by atoms with Gasteiger partial charge in [0.25, 0.3) is 5.69 Å². The number of aromatic amines is 1. The number of aromatic nitrogens is 3. The van der Waals surface area contributed by atoms with Gasteiger partial charge in [-0.3, -0.25) is 10.1 Å². The average molecular weight is 255 g/mol. The zero-order chi connectivity index (χ0) is 13.4. The van der Waals surface area contributed by atoms with E-state index < -0.39 is 4.92 Å². The Morgan fingerprint density at radius 1 is 1.26 bits per heavy atom. The van der Waals surface area contributed by atoms with Gasteiger partial charge in [-0.05, 0) is 6.07 Å². The lowest BCUT2D eigenvalue weighted by atomic mass is 10.1. The number of anilines is 1. The number of non-ortho nitro benzene ring substituents is 1. The van der Waals surface area contributed by atoms with E-state index in [2.05, 4.69) is 15.0 Å². The first kappa shape index (κ1) is 11.1. The number of nitro benzene ring substituents is 1. The monoisotopic (exact) mass is 255 g/mol. The summed E-state index contributed by atoms with van der Waals surface area (Å²) in [5.41, 5.74) is 7.80. The molecule has 0 saturated heterocycles. The topological polar surface area (TPSA) is 111 Å². The number of nitrogens with zero attached hydrogens (tertiary/aromatic N) is 3. The number of rotatable bonds is 2. The summed E-state index contributed by atoms with van der Waals surface area (Å²) in [7, 11) is 0. The van der Waals surface area contributed by atoms with Crippen LogP contribution in [-0.2, 0) is 0 Å². The van der Waals surface area contributed by atoms with Crippen LogP contribution in [-0.4, -0.2) is 19.9 Å². The van der Waals surface area contributed by atoms with E-state index in [0.717, 1.165) is 0 Å². The molecule has 0 radical (unpaired) electrons. The maximum absolute atomic E-state index is 10.8. The minimum absolute atomic E-state index is 0.0372. The van der Waals surface area contributed by atoms with Crippen LogP contribution < -0.4 is 5.73 Å². The van der Waals surface area contributed by atoms with Gasteiger partial charge in [-0.1, -0.05) is 12.1 Å². The molecule has 0 spiro atoms. The second-order valence-corrected chi connectivity index (χ2v) is 4.01. The summed E-state index contributed by atoms with van der Waals surface area (Å²) in [6.07, 6.45) is 1.37. The predicted octanol–water partition coefficient (Wildman–Crippen LogP) is 2.12. The van der Waals surface area contributed by atoms with Crippen LogP contribution in [0.25, 0.3) is 22.3 Å². The molecular weight excluding hydrogens is 246 g/mol. The van der Waals surface area contributed by atoms with Crippen molar-refractivity contribution in [2.24, 2.45) is 0 Å². The van der Waals surface area contributed by atoms with Crippen LogP contribution in [0, 0.1) is 10.1 Å². The molecule has 2 heterocycles. The third kappa shape index (κ3) is 1.86. The lowest BCUT2D eigenvalue weighted by molar-refractivity contribution is -0.384. The van der Waals surface area contributed by atoms with Crippen LogP contribution >= 0.6 is 0 Å². The van der Waals surface area contributed by atoms with Crippen molar-refractivity contribution in [2.45, 2.75) is 0 Å². The Labute approximate surface area is 107 Å². The van der Waals surface area contributed by atoms with E-state index in [-0.39, 0.29) is 5.69 Å². The molecule has 0 aliphatic rings. The van der Waals surface area contributed by atoms with E-state index in [1.807, 2.05) is 0 Å². The maximum Gasteiger partial charge on any atom is 0.270 e. The Hall–Kier alpha value is -2.96. The third-order valence-electron chi connectivity index (χ3n) is 2.82. The highest BCUT2D eigenvalue weighted by Crippen LogP contribution is 2.27. The third-order valence-corrected chi connectivity index (χ3v) is 2.82. The lowest BCUT2D eigenvalue weighted by Gasteiger charge is -1.97. The van der Waals surface area contributed by atoms with E-state index in [9.17, 15) is 10.1 Å². The van der Waals surface area contributed by atoms with Gasteiger partial charge in [0.1, 0.15) is 17.8 Å². The minimum atomic E-state index is -0.430. The molecule has 7 nitrogen and oxygen atoms in total. The first-order valence-corrected chi connectivity index (χ1v) is 5.49. The Balaban J connectivity index is 2.16. The molecule has 0 fully saturated rings. The zero-order valence-corrected chi connectivity index (χ0v) is 9.70. The summed E-state index contributed by atoms with van der Waals surface area (Å²) < 4.78 is 0. The van der Waals surface area contributed by atoms with Crippen LogP contribution in [0.15, 0.2) is 36.7 Å². The van der Waals surface area contributed by atoms with Crippen molar-refractivity contribution in [2.75, 3.05) is 5.73 Å². The molecule has 0 amide bonds. The van der Waals surface area contributed by atoms with E-state index in [1.165, 1.54) is 18.5 Å². The van der Waals surface area contributed by atoms with E-state index >= 15 is 0 Å². The van der Waals surface area contributed by atoms with Gasteiger partial charge in [-0.2, -0.15) is 0 Å². The number of nitrogens with two attached hydrogens (primary N) is 1. The van der Waals surface area contributed by atoms with Gasteiger partial charge >= 0.3 is 0 Å². The molecule has 0 saturated carbocycles. The molecule has 3 rings (SSSR count). The van der Waals surface area contributed by atoms with E-state index in [4.69, 9.17) is 5.73 Å². The van der Waals surface area contributed by atoms with Crippen molar-refractivity contribution in [1.29, 1.82) is 0 Å². The second kappa shape index (κ2) is 4.05. The average Bonchev–Trinajstić information content (AvgIpc) is 2.84. The van der Waals surface area contributed by atoms with Crippen molar-refractivity contribution in [3.8, 4) is 11.3 Å². The largest absolute Gasteiger partial charge is 0.383 e. The number of nitrogen functional groups attached to an aromatic ring is 1. The summed E-state index contributed by atoms with van der Waals surface area (Å²) in [5, 5.41) is 11.5. The normalized spacial score (nSPS) is 10.7. The summed E-state index contributed by atoms with van der Waals surface area (Å²) >= 11 is 0. The van der Waals surface area contributed by atoms with Crippen molar-refractivity contribution in [1.82, 2.24) is 15.0 Å². The molecule has 3 N–H and O–H groups in total. The molecule has 94 valence electrons. The molecule has 0 aliphatic heterocycles. The fourth-order valence-electron chi connectivity index (χ4n) is 1.90. The second-order valence-electron chi connectivity index (χ2n) is 4.01. The van der Waals surface area contributed by atoms with Crippen LogP contribution in [0.3, 0.4) is 0 Å². The van der Waals surface area contributed by atoms with Crippen molar-refractivity contribution in [3.05, 3.63) is 46.8 Å². The summed E-state index contributed by atoms with van der Waals surface area (Å²) in [6, 6.07) is 8.13. The summed E-state index contributed by atoms with van der Waals surface area (Å²) in [4.78, 5) is 21.4. The fourth-order valence-corrected chi connectivity index (χ4v) is 1.90. The van der Waals surface area contributed by atoms with Gasteiger partial charge in [0.2, 0.25) is 0 Å². The Morgan fingerprint density at radius 2 is 2.11 bits per heavy atom. The zero-order valence-electron chi connectivity index (χ0n) is 9.70. The number of nitrogens with one attached hydrogen (secondary N) is 1. The molecule has 0 unspecified atom stereocenters. The molecule has 0 atom stereocenters. The molecule has 7 heteroatoms. The molecule has 3 aromatic rings. The molecule has 0 aliphatic carbocycles. The van der Waals surface area contributed by atoms with Crippen molar-refractivity contribution < 1.29 is 4.92 Å². The number of H-pyrrole nitrogens is 1. The van der Waals surface area contributed by atoms with Gasteiger partial charge in [0.05, 0.1) is 10.3 Å². The molecular formula is C12H9N5O2. The highest BCUT2D eigenvalue weighted by Gasteiger charge is 2.10. The van der Waals surface area contributed by atoms with Gasteiger partial charge in [-0.15, -0.1) is 0 Å². The first-order valence-electron chi connectivity index (χ1n) is 5.49. The minimum Gasteiger partial charge on any atom is -0.383 e. The first-order chi connectivity index (χ1) is 9.15.